The van der Waals surface area contributed by atoms with Crippen LogP contribution in [-0.2, 0) is 0 Å². The molecule has 2 aromatic heterocycles. The molecule has 0 aliphatic carbocycles. The number of methoxy groups -OCH3 is 3. The molecule has 1 aromatic carbocycles. The lowest BCUT2D eigenvalue weighted by Gasteiger charge is -2.24. The van der Waals surface area contributed by atoms with Crippen molar-refractivity contribution in [1.29, 1.82) is 0 Å². The van der Waals surface area contributed by atoms with Crippen molar-refractivity contribution in [1.82, 2.24) is 19.5 Å². The molecule has 1 aliphatic heterocycles. The van der Waals surface area contributed by atoms with Gasteiger partial charge in [0.05, 0.1) is 40.3 Å². The fraction of sp³-hybridized carbons (Fsp3) is 0.500. The van der Waals surface area contributed by atoms with E-state index in [0.717, 1.165) is 25.0 Å². The summed E-state index contributed by atoms with van der Waals surface area (Å²) in [6.45, 7) is 5.04. The summed E-state index contributed by atoms with van der Waals surface area (Å²) in [5.41, 5.74) is 2.11. The van der Waals surface area contributed by atoms with Gasteiger partial charge in [-0.2, -0.15) is 9.97 Å². The van der Waals surface area contributed by atoms with Crippen molar-refractivity contribution in [3.8, 4) is 17.2 Å². The number of aliphatic hydroxyl groups excluding tert-OH is 1. The summed E-state index contributed by atoms with van der Waals surface area (Å²) in [5, 5.41) is 13.2. The number of imidazole rings is 1. The second-order valence-electron chi connectivity index (χ2n) is 8.00. The number of hydrogen-bond acceptors (Lipinski definition) is 9. The number of rotatable bonds is 8. The van der Waals surface area contributed by atoms with E-state index in [9.17, 15) is 5.11 Å². The molecule has 172 valence electrons. The van der Waals surface area contributed by atoms with Gasteiger partial charge in [-0.25, -0.2) is 4.98 Å². The minimum absolute atomic E-state index is 0.0110. The first-order valence-corrected chi connectivity index (χ1v) is 10.7. The third-order valence-electron chi connectivity index (χ3n) is 5.74. The summed E-state index contributed by atoms with van der Waals surface area (Å²) in [4.78, 5) is 16.3. The smallest absolute Gasteiger partial charge is 0.229 e. The molecule has 0 spiro atoms. The summed E-state index contributed by atoms with van der Waals surface area (Å²) >= 11 is 0. The zero-order chi connectivity index (χ0) is 22.8. The van der Waals surface area contributed by atoms with Crippen molar-refractivity contribution >= 4 is 28.6 Å². The first kappa shape index (κ1) is 21.9. The van der Waals surface area contributed by atoms with Crippen LogP contribution in [0.25, 0.3) is 11.2 Å². The van der Waals surface area contributed by atoms with Crippen molar-refractivity contribution in [2.75, 3.05) is 44.7 Å². The fourth-order valence-corrected chi connectivity index (χ4v) is 4.08. The van der Waals surface area contributed by atoms with Crippen LogP contribution in [-0.4, -0.2) is 65.1 Å². The van der Waals surface area contributed by atoms with Gasteiger partial charge >= 0.3 is 0 Å². The molecule has 1 fully saturated rings. The molecule has 1 unspecified atom stereocenters. The molecule has 1 atom stereocenters. The van der Waals surface area contributed by atoms with Crippen molar-refractivity contribution in [3.63, 3.8) is 0 Å². The quantitative estimate of drug-likeness (QED) is 0.544. The van der Waals surface area contributed by atoms with Gasteiger partial charge < -0.3 is 34.1 Å². The molecule has 32 heavy (non-hydrogen) atoms. The van der Waals surface area contributed by atoms with Crippen LogP contribution in [0.4, 0.5) is 17.5 Å². The van der Waals surface area contributed by atoms with Crippen LogP contribution in [0.15, 0.2) is 18.5 Å². The van der Waals surface area contributed by atoms with Gasteiger partial charge in [0.1, 0.15) is 0 Å². The zero-order valence-electron chi connectivity index (χ0n) is 19.1. The molecule has 0 amide bonds. The first-order chi connectivity index (χ1) is 15.5. The number of fused-ring (bicyclic) bond motifs is 1. The van der Waals surface area contributed by atoms with E-state index in [0.29, 0.717) is 40.2 Å². The van der Waals surface area contributed by atoms with E-state index in [1.165, 1.54) is 0 Å². The molecular formula is C22H30N6O4. The lowest BCUT2D eigenvalue weighted by atomic mass is 10.2. The molecule has 3 heterocycles. The molecule has 3 aromatic rings. The van der Waals surface area contributed by atoms with Crippen LogP contribution in [0.1, 0.15) is 32.7 Å². The number of anilines is 3. The minimum atomic E-state index is 0.0110. The average molecular weight is 443 g/mol. The predicted octanol–water partition coefficient (Wildman–Crippen LogP) is 3.14. The third kappa shape index (κ3) is 3.86. The number of benzene rings is 1. The molecule has 10 nitrogen and oxygen atoms in total. The summed E-state index contributed by atoms with van der Waals surface area (Å²) in [7, 11) is 4.73. The molecule has 0 radical (unpaired) electrons. The van der Waals surface area contributed by atoms with Gasteiger partial charge in [0.15, 0.2) is 28.5 Å². The maximum atomic E-state index is 9.81. The van der Waals surface area contributed by atoms with Gasteiger partial charge in [-0.15, -0.1) is 0 Å². The minimum Gasteiger partial charge on any atom is -0.493 e. The maximum Gasteiger partial charge on any atom is 0.229 e. The Balaban J connectivity index is 1.83. The van der Waals surface area contributed by atoms with Crippen LogP contribution in [0, 0.1) is 0 Å². The van der Waals surface area contributed by atoms with E-state index in [4.69, 9.17) is 24.2 Å². The van der Waals surface area contributed by atoms with Gasteiger partial charge in [-0.3, -0.25) is 0 Å². The third-order valence-corrected chi connectivity index (χ3v) is 5.74. The SMILES string of the molecule is COc1cc(Nc2nc(N3CCCC3CO)nc3c2ncn3C(C)C)cc(OC)c1OC. The zero-order valence-corrected chi connectivity index (χ0v) is 19.1. The van der Waals surface area contributed by atoms with Crippen molar-refractivity contribution in [2.45, 2.75) is 38.8 Å². The molecule has 1 saturated heterocycles. The molecule has 2 N–H and O–H groups in total. The lowest BCUT2D eigenvalue weighted by Crippen LogP contribution is -2.33. The Morgan fingerprint density at radius 3 is 2.44 bits per heavy atom. The van der Waals surface area contributed by atoms with E-state index in [1.807, 2.05) is 16.7 Å². The molecule has 1 aliphatic rings. The number of nitrogens with zero attached hydrogens (tertiary/aromatic N) is 5. The highest BCUT2D eigenvalue weighted by Gasteiger charge is 2.28. The maximum absolute atomic E-state index is 9.81. The van der Waals surface area contributed by atoms with Gasteiger partial charge in [0.2, 0.25) is 11.7 Å². The highest BCUT2D eigenvalue weighted by atomic mass is 16.5. The van der Waals surface area contributed by atoms with Crippen LogP contribution in [0.5, 0.6) is 17.2 Å². The predicted molar refractivity (Wildman–Crippen MR) is 123 cm³/mol. The van der Waals surface area contributed by atoms with E-state index in [-0.39, 0.29) is 18.7 Å². The van der Waals surface area contributed by atoms with E-state index >= 15 is 0 Å². The Labute approximate surface area is 187 Å². The lowest BCUT2D eigenvalue weighted by molar-refractivity contribution is 0.265. The van der Waals surface area contributed by atoms with E-state index < -0.39 is 0 Å². The largest absolute Gasteiger partial charge is 0.493 e. The fourth-order valence-electron chi connectivity index (χ4n) is 4.08. The van der Waals surface area contributed by atoms with Crippen molar-refractivity contribution in [2.24, 2.45) is 0 Å². The van der Waals surface area contributed by atoms with Crippen LogP contribution in [0.3, 0.4) is 0 Å². The molecule has 10 heteroatoms. The molecule has 0 saturated carbocycles. The number of hydrogen-bond donors (Lipinski definition) is 2. The topological polar surface area (TPSA) is 107 Å². The number of nitrogens with one attached hydrogen (secondary N) is 1. The van der Waals surface area contributed by atoms with E-state index in [2.05, 4.69) is 29.0 Å². The average Bonchev–Trinajstić information content (AvgIpc) is 3.45. The normalized spacial score (nSPS) is 16.1. The standard InChI is InChI=1S/C22H30N6O4/c1-13(2)28-12-23-18-20(24-14-9-16(30-3)19(32-5)17(10-14)31-4)25-22(26-21(18)28)27-8-6-7-15(27)11-29/h9-10,12-13,15,29H,6-8,11H2,1-5H3,(H,24,25,26). The van der Waals surface area contributed by atoms with Crippen LogP contribution >= 0.6 is 0 Å². The molecular weight excluding hydrogens is 412 g/mol. The van der Waals surface area contributed by atoms with Gasteiger partial charge in [0, 0.05) is 30.4 Å². The van der Waals surface area contributed by atoms with Gasteiger partial charge in [0.25, 0.3) is 0 Å². The van der Waals surface area contributed by atoms with Crippen molar-refractivity contribution in [3.05, 3.63) is 18.5 Å². The number of ether oxygens (including phenoxy) is 3. The van der Waals surface area contributed by atoms with Gasteiger partial charge in [-0.1, -0.05) is 0 Å². The monoisotopic (exact) mass is 442 g/mol. The number of aliphatic hydroxyl groups is 1. The summed E-state index contributed by atoms with van der Waals surface area (Å²) in [6.07, 6.45) is 3.68. The summed E-state index contributed by atoms with van der Waals surface area (Å²) in [6, 6.07) is 3.84. The second kappa shape index (κ2) is 9.07. The van der Waals surface area contributed by atoms with Crippen LogP contribution < -0.4 is 24.4 Å². The molecule has 0 bridgehead atoms. The molecule has 4 rings (SSSR count). The Kier molecular flexibility index (Phi) is 6.22. The Morgan fingerprint density at radius 2 is 1.84 bits per heavy atom. The van der Waals surface area contributed by atoms with Crippen molar-refractivity contribution < 1.29 is 19.3 Å². The second-order valence-corrected chi connectivity index (χ2v) is 8.00. The Bertz CT molecular complexity index is 1070. The summed E-state index contributed by atoms with van der Waals surface area (Å²) < 4.78 is 18.4. The Morgan fingerprint density at radius 1 is 1.12 bits per heavy atom. The van der Waals surface area contributed by atoms with Crippen LogP contribution in [0.2, 0.25) is 0 Å². The summed E-state index contributed by atoms with van der Waals surface area (Å²) in [5.74, 6) is 2.73. The van der Waals surface area contributed by atoms with E-state index in [1.54, 1.807) is 27.7 Å². The number of aromatic nitrogens is 4. The Hall–Kier alpha value is -3.27. The highest BCUT2D eigenvalue weighted by molar-refractivity contribution is 5.87. The highest BCUT2D eigenvalue weighted by Crippen LogP contribution is 2.41. The first-order valence-electron chi connectivity index (χ1n) is 10.7. The van der Waals surface area contributed by atoms with Gasteiger partial charge in [-0.05, 0) is 26.7 Å².